The van der Waals surface area contributed by atoms with Crippen LogP contribution in [0.25, 0.3) is 0 Å². The lowest BCUT2D eigenvalue weighted by atomic mass is 10.1. The summed E-state index contributed by atoms with van der Waals surface area (Å²) in [4.78, 5) is 9.62. The summed E-state index contributed by atoms with van der Waals surface area (Å²) in [7, 11) is 0. The second-order valence-electron chi connectivity index (χ2n) is 4.48. The SMILES string of the molecule is Cc1ccc(Nc2ccc([N+](=O)[O-])c(C(F)(F)F)c2)cc1. The molecule has 0 heterocycles. The highest BCUT2D eigenvalue weighted by atomic mass is 19.4. The Morgan fingerprint density at radius 2 is 1.62 bits per heavy atom. The van der Waals surface area contributed by atoms with Gasteiger partial charge in [0.2, 0.25) is 0 Å². The highest BCUT2D eigenvalue weighted by molar-refractivity contribution is 5.63. The predicted octanol–water partition coefficient (Wildman–Crippen LogP) is 4.67. The van der Waals surface area contributed by atoms with Crippen LogP contribution in [0.4, 0.5) is 30.2 Å². The van der Waals surface area contributed by atoms with E-state index >= 15 is 0 Å². The smallest absolute Gasteiger partial charge is 0.356 e. The summed E-state index contributed by atoms with van der Waals surface area (Å²) in [6.07, 6.45) is -4.78. The highest BCUT2D eigenvalue weighted by Crippen LogP contribution is 2.38. The van der Waals surface area contributed by atoms with E-state index in [2.05, 4.69) is 5.32 Å². The van der Waals surface area contributed by atoms with Crippen molar-refractivity contribution >= 4 is 17.1 Å². The molecule has 0 bridgehead atoms. The van der Waals surface area contributed by atoms with Gasteiger partial charge in [0.25, 0.3) is 5.69 Å². The first-order valence-corrected chi connectivity index (χ1v) is 5.97. The normalized spacial score (nSPS) is 11.2. The van der Waals surface area contributed by atoms with Gasteiger partial charge in [-0.1, -0.05) is 17.7 Å². The molecule has 2 aromatic rings. The maximum absolute atomic E-state index is 12.8. The molecule has 2 rings (SSSR count). The van der Waals surface area contributed by atoms with E-state index in [1.54, 1.807) is 24.3 Å². The molecule has 4 nitrogen and oxygen atoms in total. The van der Waals surface area contributed by atoms with Crippen LogP contribution in [0.2, 0.25) is 0 Å². The molecule has 21 heavy (non-hydrogen) atoms. The summed E-state index contributed by atoms with van der Waals surface area (Å²) >= 11 is 0. The van der Waals surface area contributed by atoms with Crippen LogP contribution in [-0.2, 0) is 6.18 Å². The first kappa shape index (κ1) is 14.8. The van der Waals surface area contributed by atoms with Crippen LogP contribution in [0.1, 0.15) is 11.1 Å². The molecule has 0 aliphatic heterocycles. The van der Waals surface area contributed by atoms with Crippen molar-refractivity contribution in [2.75, 3.05) is 5.32 Å². The number of nitrogens with zero attached hydrogens (tertiary/aromatic N) is 1. The summed E-state index contributed by atoms with van der Waals surface area (Å²) in [6, 6.07) is 9.86. The predicted molar refractivity (Wildman–Crippen MR) is 72.6 cm³/mol. The van der Waals surface area contributed by atoms with Gasteiger partial charge in [-0.3, -0.25) is 10.1 Å². The summed E-state index contributed by atoms with van der Waals surface area (Å²) in [5.74, 6) is 0. The van der Waals surface area contributed by atoms with E-state index in [1.807, 2.05) is 6.92 Å². The lowest BCUT2D eigenvalue weighted by molar-refractivity contribution is -0.388. The summed E-state index contributed by atoms with van der Waals surface area (Å²) in [5.41, 5.74) is -0.485. The quantitative estimate of drug-likeness (QED) is 0.661. The van der Waals surface area contributed by atoms with Crippen molar-refractivity contribution in [3.63, 3.8) is 0 Å². The topological polar surface area (TPSA) is 55.2 Å². The van der Waals surface area contributed by atoms with Crippen LogP contribution in [0, 0.1) is 17.0 Å². The molecule has 2 aromatic carbocycles. The molecule has 0 aromatic heterocycles. The van der Waals surface area contributed by atoms with Crippen LogP contribution in [0.15, 0.2) is 42.5 Å². The third kappa shape index (κ3) is 3.50. The lowest BCUT2D eigenvalue weighted by Crippen LogP contribution is -2.09. The number of nitro benzene ring substituents is 1. The number of hydrogen-bond donors (Lipinski definition) is 1. The molecule has 0 aliphatic rings. The van der Waals surface area contributed by atoms with Crippen molar-refractivity contribution in [1.82, 2.24) is 0 Å². The van der Waals surface area contributed by atoms with Gasteiger partial charge in [0, 0.05) is 17.4 Å². The van der Waals surface area contributed by atoms with E-state index in [0.717, 1.165) is 17.7 Å². The second-order valence-corrected chi connectivity index (χ2v) is 4.48. The average Bonchev–Trinajstić information content (AvgIpc) is 2.40. The minimum absolute atomic E-state index is 0.136. The fourth-order valence-electron chi connectivity index (χ4n) is 1.80. The average molecular weight is 296 g/mol. The Morgan fingerprint density at radius 1 is 1.05 bits per heavy atom. The molecule has 0 fully saturated rings. The van der Waals surface area contributed by atoms with Gasteiger partial charge in [-0.05, 0) is 31.2 Å². The minimum atomic E-state index is -4.78. The first-order chi connectivity index (χ1) is 9.77. The molecule has 0 unspecified atom stereocenters. The Labute approximate surface area is 118 Å². The summed E-state index contributed by atoms with van der Waals surface area (Å²) < 4.78 is 38.5. The van der Waals surface area contributed by atoms with Gasteiger partial charge in [-0.2, -0.15) is 13.2 Å². The number of nitrogens with one attached hydrogen (secondary N) is 1. The number of anilines is 2. The van der Waals surface area contributed by atoms with E-state index in [9.17, 15) is 23.3 Å². The number of rotatable bonds is 3. The standard InChI is InChI=1S/C14H11F3N2O2/c1-9-2-4-10(5-3-9)18-11-6-7-13(19(20)21)12(8-11)14(15,16)17/h2-8,18H,1H3. The summed E-state index contributed by atoms with van der Waals surface area (Å²) in [6.45, 7) is 1.89. The fraction of sp³-hybridized carbons (Fsp3) is 0.143. The van der Waals surface area contributed by atoms with Gasteiger partial charge in [-0.25, -0.2) is 0 Å². The lowest BCUT2D eigenvalue weighted by Gasteiger charge is -2.11. The van der Waals surface area contributed by atoms with Crippen molar-refractivity contribution in [3.8, 4) is 0 Å². The van der Waals surface area contributed by atoms with Crippen molar-refractivity contribution in [2.24, 2.45) is 0 Å². The van der Waals surface area contributed by atoms with Crippen LogP contribution >= 0.6 is 0 Å². The van der Waals surface area contributed by atoms with Gasteiger partial charge in [0.15, 0.2) is 0 Å². The number of alkyl halides is 3. The first-order valence-electron chi connectivity index (χ1n) is 5.97. The molecule has 0 amide bonds. The zero-order chi connectivity index (χ0) is 15.6. The van der Waals surface area contributed by atoms with Crippen LogP contribution < -0.4 is 5.32 Å². The monoisotopic (exact) mass is 296 g/mol. The van der Waals surface area contributed by atoms with E-state index in [-0.39, 0.29) is 5.69 Å². The maximum Gasteiger partial charge on any atom is 0.423 e. The molecule has 0 spiro atoms. The van der Waals surface area contributed by atoms with E-state index < -0.39 is 22.4 Å². The van der Waals surface area contributed by atoms with Crippen molar-refractivity contribution < 1.29 is 18.1 Å². The molecule has 0 radical (unpaired) electrons. The largest absolute Gasteiger partial charge is 0.423 e. The fourth-order valence-corrected chi connectivity index (χ4v) is 1.80. The van der Waals surface area contributed by atoms with Gasteiger partial charge < -0.3 is 5.32 Å². The molecular weight excluding hydrogens is 285 g/mol. The van der Waals surface area contributed by atoms with Gasteiger partial charge in [0.1, 0.15) is 5.56 Å². The van der Waals surface area contributed by atoms with Gasteiger partial charge in [-0.15, -0.1) is 0 Å². The van der Waals surface area contributed by atoms with E-state index in [0.29, 0.717) is 5.69 Å². The number of nitro groups is 1. The third-order valence-corrected chi connectivity index (χ3v) is 2.84. The van der Waals surface area contributed by atoms with Gasteiger partial charge >= 0.3 is 6.18 Å². The Balaban J connectivity index is 2.38. The Hall–Kier alpha value is -2.57. The molecule has 0 atom stereocenters. The molecule has 1 N–H and O–H groups in total. The Morgan fingerprint density at radius 3 is 2.14 bits per heavy atom. The van der Waals surface area contributed by atoms with Crippen LogP contribution in [-0.4, -0.2) is 4.92 Å². The van der Waals surface area contributed by atoms with E-state index in [4.69, 9.17) is 0 Å². The molecule has 110 valence electrons. The van der Waals surface area contributed by atoms with E-state index in [1.165, 1.54) is 6.07 Å². The summed E-state index contributed by atoms with van der Waals surface area (Å²) in [5, 5.41) is 13.4. The van der Waals surface area contributed by atoms with Crippen LogP contribution in [0.3, 0.4) is 0 Å². The zero-order valence-electron chi connectivity index (χ0n) is 10.9. The van der Waals surface area contributed by atoms with Gasteiger partial charge in [0.05, 0.1) is 4.92 Å². The van der Waals surface area contributed by atoms with Crippen molar-refractivity contribution in [1.29, 1.82) is 0 Å². The molecule has 0 aliphatic carbocycles. The molecule has 0 saturated heterocycles. The minimum Gasteiger partial charge on any atom is -0.356 e. The zero-order valence-corrected chi connectivity index (χ0v) is 10.9. The Bertz CT molecular complexity index is 667. The van der Waals surface area contributed by atoms with Crippen LogP contribution in [0.5, 0.6) is 0 Å². The molecular formula is C14H11F3N2O2. The highest BCUT2D eigenvalue weighted by Gasteiger charge is 2.38. The molecule has 7 heteroatoms. The second kappa shape index (κ2) is 5.43. The number of halogens is 3. The Kier molecular flexibility index (Phi) is 3.84. The third-order valence-electron chi connectivity index (χ3n) is 2.84. The number of benzene rings is 2. The van der Waals surface area contributed by atoms with Crippen molar-refractivity contribution in [3.05, 3.63) is 63.7 Å². The number of aryl methyl sites for hydroxylation is 1. The maximum atomic E-state index is 12.8. The number of hydrogen-bond acceptors (Lipinski definition) is 3. The molecule has 0 saturated carbocycles. The van der Waals surface area contributed by atoms with Crippen molar-refractivity contribution in [2.45, 2.75) is 13.1 Å².